The Labute approximate surface area is 81.8 Å². The third kappa shape index (κ3) is 1.12. The van der Waals surface area contributed by atoms with Crippen LogP contribution in [0.2, 0.25) is 0 Å². The van der Waals surface area contributed by atoms with E-state index in [9.17, 15) is 4.79 Å². The topological polar surface area (TPSA) is 29.5 Å². The van der Waals surface area contributed by atoms with Crippen LogP contribution in [0.5, 0.6) is 0 Å². The summed E-state index contributed by atoms with van der Waals surface area (Å²) < 4.78 is 5.51. The molecule has 72 valence electrons. The predicted octanol–water partition coefficient (Wildman–Crippen LogP) is 1.33. The number of ether oxygens (including phenoxy) is 1. The van der Waals surface area contributed by atoms with Crippen LogP contribution < -0.4 is 0 Å². The summed E-state index contributed by atoms with van der Waals surface area (Å²) in [6, 6.07) is 0. The van der Waals surface area contributed by atoms with E-state index in [4.69, 9.17) is 4.74 Å². The third-order valence-electron chi connectivity index (χ3n) is 3.54. The molecule has 4 saturated heterocycles. The molecule has 13 heavy (non-hydrogen) atoms. The summed E-state index contributed by atoms with van der Waals surface area (Å²) in [5.41, 5.74) is -0.0990. The molecule has 1 spiro atoms. The maximum atomic E-state index is 11.1. The highest BCUT2D eigenvalue weighted by Gasteiger charge is 2.53. The van der Waals surface area contributed by atoms with Crippen molar-refractivity contribution >= 4 is 17.1 Å². The van der Waals surface area contributed by atoms with E-state index < -0.39 is 0 Å². The molecule has 0 aliphatic carbocycles. The molecule has 1 atom stereocenters. The number of carbonyl (C=O) groups excluding carboxylic acids is 1. The number of carbonyl (C=O) groups is 1. The Balaban J connectivity index is 1.87. The fourth-order valence-electron chi connectivity index (χ4n) is 2.81. The maximum absolute atomic E-state index is 11.1. The largest absolute Gasteiger partial charge is 0.448 e. The summed E-state index contributed by atoms with van der Waals surface area (Å²) in [6.45, 7) is 3.39. The van der Waals surface area contributed by atoms with Crippen molar-refractivity contribution in [2.75, 3.05) is 25.4 Å². The molecule has 4 heteroatoms. The molecule has 3 nitrogen and oxygen atoms in total. The highest BCUT2D eigenvalue weighted by atomic mass is 32.2. The fourth-order valence-corrected chi connectivity index (χ4v) is 3.78. The Morgan fingerprint density at radius 2 is 2.23 bits per heavy atom. The molecule has 0 radical (unpaired) electrons. The van der Waals surface area contributed by atoms with Crippen LogP contribution in [-0.4, -0.2) is 41.2 Å². The van der Waals surface area contributed by atoms with Crippen molar-refractivity contribution in [3.05, 3.63) is 0 Å². The molecule has 2 bridgehead atoms. The summed E-state index contributed by atoms with van der Waals surface area (Å²) in [5, 5.41) is -0.0613. The fraction of sp³-hybridized carbons (Fsp3) is 0.889. The quantitative estimate of drug-likeness (QED) is 0.551. The van der Waals surface area contributed by atoms with E-state index in [-0.39, 0.29) is 10.9 Å². The van der Waals surface area contributed by atoms with E-state index in [0.717, 1.165) is 12.3 Å². The molecular formula is C9H13NO2S. The average Bonchev–Trinajstić information content (AvgIpc) is 2.49. The smallest absolute Gasteiger partial charge is 0.368 e. The van der Waals surface area contributed by atoms with Gasteiger partial charge in [-0.1, -0.05) is 0 Å². The first kappa shape index (κ1) is 8.12. The van der Waals surface area contributed by atoms with Gasteiger partial charge in [0, 0.05) is 18.2 Å². The number of hydrogen-bond donors (Lipinski definition) is 0. The zero-order chi connectivity index (χ0) is 8.89. The van der Waals surface area contributed by atoms with Gasteiger partial charge in [0.05, 0.1) is 0 Å². The molecule has 0 aromatic carbocycles. The lowest BCUT2D eigenvalue weighted by Gasteiger charge is -2.49. The molecular weight excluding hydrogens is 186 g/mol. The highest BCUT2D eigenvalue weighted by molar-refractivity contribution is 8.13. The van der Waals surface area contributed by atoms with Crippen LogP contribution in [-0.2, 0) is 4.74 Å². The van der Waals surface area contributed by atoms with Crippen LogP contribution in [0.3, 0.4) is 0 Å². The van der Waals surface area contributed by atoms with Crippen LogP contribution in [0.25, 0.3) is 0 Å². The summed E-state index contributed by atoms with van der Waals surface area (Å²) in [7, 11) is 0. The minimum Gasteiger partial charge on any atom is -0.448 e. The van der Waals surface area contributed by atoms with Crippen LogP contribution >= 0.6 is 11.8 Å². The maximum Gasteiger partial charge on any atom is 0.368 e. The predicted molar refractivity (Wildman–Crippen MR) is 50.8 cm³/mol. The lowest BCUT2D eigenvalue weighted by molar-refractivity contribution is -0.0876. The van der Waals surface area contributed by atoms with Crippen molar-refractivity contribution in [2.24, 2.45) is 5.92 Å². The monoisotopic (exact) mass is 199 g/mol. The second-order valence-electron chi connectivity index (χ2n) is 4.26. The lowest BCUT2D eigenvalue weighted by Crippen LogP contribution is -2.60. The van der Waals surface area contributed by atoms with Gasteiger partial charge in [0.1, 0.15) is 5.60 Å². The van der Waals surface area contributed by atoms with Gasteiger partial charge in [0.2, 0.25) is 0 Å². The molecule has 0 saturated carbocycles. The van der Waals surface area contributed by atoms with Crippen molar-refractivity contribution in [1.82, 2.24) is 4.90 Å². The zero-order valence-corrected chi connectivity index (χ0v) is 8.31. The summed E-state index contributed by atoms with van der Waals surface area (Å²) in [4.78, 5) is 13.5. The molecule has 1 unspecified atom stereocenters. The van der Waals surface area contributed by atoms with E-state index in [1.807, 2.05) is 0 Å². The number of hydrogen-bond acceptors (Lipinski definition) is 4. The average molecular weight is 199 g/mol. The highest BCUT2D eigenvalue weighted by Crippen LogP contribution is 2.44. The first-order chi connectivity index (χ1) is 6.28. The lowest BCUT2D eigenvalue weighted by atomic mass is 9.76. The van der Waals surface area contributed by atoms with Gasteiger partial charge in [0.25, 0.3) is 0 Å². The second kappa shape index (κ2) is 2.64. The number of piperidine rings is 3. The summed E-state index contributed by atoms with van der Waals surface area (Å²) in [6.07, 6.45) is 2.43. The van der Waals surface area contributed by atoms with Gasteiger partial charge in [-0.25, -0.2) is 4.79 Å². The van der Waals surface area contributed by atoms with E-state index in [1.165, 1.54) is 37.7 Å². The van der Waals surface area contributed by atoms with Crippen LogP contribution in [0.1, 0.15) is 12.8 Å². The van der Waals surface area contributed by atoms with E-state index in [2.05, 4.69) is 4.90 Å². The van der Waals surface area contributed by atoms with Crippen molar-refractivity contribution < 1.29 is 9.53 Å². The molecule has 4 heterocycles. The van der Waals surface area contributed by atoms with Crippen LogP contribution in [0.4, 0.5) is 4.79 Å². The van der Waals surface area contributed by atoms with Gasteiger partial charge >= 0.3 is 5.30 Å². The van der Waals surface area contributed by atoms with Crippen molar-refractivity contribution in [3.63, 3.8) is 0 Å². The Hall–Kier alpha value is -0.220. The molecule has 0 aromatic rings. The molecule has 4 rings (SSSR count). The third-order valence-corrected chi connectivity index (χ3v) is 4.50. The normalized spacial score (nSPS) is 48.5. The van der Waals surface area contributed by atoms with Gasteiger partial charge in [0.15, 0.2) is 0 Å². The van der Waals surface area contributed by atoms with E-state index >= 15 is 0 Å². The minimum absolute atomic E-state index is 0.0613. The second-order valence-corrected chi connectivity index (χ2v) is 5.17. The molecule has 4 aliphatic rings. The summed E-state index contributed by atoms with van der Waals surface area (Å²) >= 11 is 1.35. The molecule has 4 aliphatic heterocycles. The minimum atomic E-state index is -0.0990. The number of nitrogens with zero attached hydrogens (tertiary/aromatic N) is 1. The Morgan fingerprint density at radius 3 is 2.69 bits per heavy atom. The Bertz CT molecular complexity index is 250. The van der Waals surface area contributed by atoms with Crippen LogP contribution in [0.15, 0.2) is 0 Å². The number of fused-ring (bicyclic) bond motifs is 2. The number of thioether (sulfide) groups is 1. The van der Waals surface area contributed by atoms with Gasteiger partial charge in [-0.2, -0.15) is 0 Å². The Morgan fingerprint density at radius 1 is 1.46 bits per heavy atom. The van der Waals surface area contributed by atoms with Gasteiger partial charge < -0.3 is 4.74 Å². The Kier molecular flexibility index (Phi) is 1.65. The molecule has 4 fully saturated rings. The number of rotatable bonds is 0. The van der Waals surface area contributed by atoms with Crippen molar-refractivity contribution in [3.8, 4) is 0 Å². The van der Waals surface area contributed by atoms with E-state index in [1.54, 1.807) is 0 Å². The summed E-state index contributed by atoms with van der Waals surface area (Å²) in [5.74, 6) is 1.52. The molecule has 0 aromatic heterocycles. The molecule has 0 amide bonds. The van der Waals surface area contributed by atoms with Gasteiger partial charge in [-0.3, -0.25) is 4.90 Å². The van der Waals surface area contributed by atoms with Crippen molar-refractivity contribution in [1.29, 1.82) is 0 Å². The van der Waals surface area contributed by atoms with Crippen LogP contribution in [0, 0.1) is 5.92 Å². The van der Waals surface area contributed by atoms with Crippen molar-refractivity contribution in [2.45, 2.75) is 18.4 Å². The first-order valence-electron chi connectivity index (χ1n) is 4.87. The van der Waals surface area contributed by atoms with Gasteiger partial charge in [-0.15, -0.1) is 0 Å². The zero-order valence-electron chi connectivity index (χ0n) is 7.49. The standard InChI is InChI=1S/C9H13NO2S/c11-8-12-9(6-13-8)5-10-3-1-7(9)2-4-10/h7H,1-6H2. The van der Waals surface area contributed by atoms with E-state index in [0.29, 0.717) is 5.92 Å². The SMILES string of the molecule is O=C1OC2(CS1)CN1CCC2CC1. The van der Waals surface area contributed by atoms with Gasteiger partial charge in [-0.05, 0) is 37.7 Å². The molecule has 0 N–H and O–H groups in total. The first-order valence-corrected chi connectivity index (χ1v) is 5.85.